The van der Waals surface area contributed by atoms with E-state index in [-0.39, 0.29) is 32.5 Å². The Morgan fingerprint density at radius 1 is 1.13 bits per heavy atom. The number of rotatable bonds is 5. The second-order valence-electron chi connectivity index (χ2n) is 4.39. The summed E-state index contributed by atoms with van der Waals surface area (Å²) in [5, 5.41) is 0.231. The molecule has 0 aromatic carbocycles. The van der Waals surface area contributed by atoms with Gasteiger partial charge in [0.2, 0.25) is 0 Å². The Bertz CT molecular complexity index is 164. The minimum Gasteiger partial charge on any atom is -0.333 e. The third-order valence-electron chi connectivity index (χ3n) is 1.70. The molecule has 0 saturated carbocycles. The summed E-state index contributed by atoms with van der Waals surface area (Å²) in [6.45, 7) is 12.4. The zero-order chi connectivity index (χ0) is 11.1. The van der Waals surface area contributed by atoms with E-state index in [1.807, 2.05) is 11.8 Å². The van der Waals surface area contributed by atoms with Gasteiger partial charge in [0.25, 0.3) is 5.24 Å². The Balaban J connectivity index is 0. The second-order valence-corrected chi connectivity index (χ2v) is 5.61. The second kappa shape index (κ2) is 9.93. The molecule has 1 amide bonds. The van der Waals surface area contributed by atoms with Crippen LogP contribution in [-0.2, 0) is 0 Å². The molecule has 15 heavy (non-hydrogen) atoms. The molecule has 0 aliphatic rings. The molecule has 0 fully saturated rings. The van der Waals surface area contributed by atoms with Gasteiger partial charge in [-0.05, 0) is 17.6 Å². The fourth-order valence-electron chi connectivity index (χ4n) is 1.32. The maximum Gasteiger partial charge on any atom is 0.281 e. The summed E-state index contributed by atoms with van der Waals surface area (Å²) < 4.78 is 0. The maximum atomic E-state index is 11.7. The Morgan fingerprint density at radius 2 is 1.53 bits per heavy atom. The number of thioether (sulfide) groups is 1. The molecule has 0 aromatic rings. The maximum absolute atomic E-state index is 11.7. The van der Waals surface area contributed by atoms with Crippen molar-refractivity contribution in [1.82, 2.24) is 4.90 Å². The summed E-state index contributed by atoms with van der Waals surface area (Å²) in [7, 11) is 0. The van der Waals surface area contributed by atoms with E-state index in [0.29, 0.717) is 11.8 Å². The van der Waals surface area contributed by atoms with Gasteiger partial charge in [-0.3, -0.25) is 4.79 Å². The van der Waals surface area contributed by atoms with Gasteiger partial charge in [0.15, 0.2) is 0 Å². The van der Waals surface area contributed by atoms with Crippen molar-refractivity contribution in [1.29, 1.82) is 0 Å². The van der Waals surface area contributed by atoms with E-state index in [1.165, 1.54) is 11.8 Å². The predicted molar refractivity (Wildman–Crippen MR) is 70.5 cm³/mol. The molecular weight excluding hydrogens is 401 g/mol. The standard InChI is InChI=1S/C11H23NOS.Pb/c1-6-14-11(13)12(7-9(2)3)8-10(4)5;/h9-10H,6-8H2,1-5H3;. The molecule has 0 spiro atoms. The Morgan fingerprint density at radius 3 is 1.80 bits per heavy atom. The topological polar surface area (TPSA) is 20.3 Å². The first-order valence-electron chi connectivity index (χ1n) is 5.39. The van der Waals surface area contributed by atoms with E-state index in [4.69, 9.17) is 0 Å². The van der Waals surface area contributed by atoms with Crippen LogP contribution in [-0.4, -0.2) is 56.3 Å². The monoisotopic (exact) mass is 425 g/mol. The molecule has 0 bridgehead atoms. The molecular formula is C11H23NOPbS. The van der Waals surface area contributed by atoms with Gasteiger partial charge in [0.1, 0.15) is 0 Å². The van der Waals surface area contributed by atoms with Crippen molar-refractivity contribution in [3.63, 3.8) is 0 Å². The SMILES string of the molecule is CCSC(=O)N(CC(C)C)CC(C)C.[Pb]. The van der Waals surface area contributed by atoms with Crippen LogP contribution in [0.2, 0.25) is 0 Å². The minimum atomic E-state index is 0. The molecule has 2 nitrogen and oxygen atoms in total. The van der Waals surface area contributed by atoms with Crippen molar-refractivity contribution in [2.24, 2.45) is 11.8 Å². The van der Waals surface area contributed by atoms with Crippen molar-refractivity contribution < 1.29 is 4.79 Å². The molecule has 0 atom stereocenters. The predicted octanol–water partition coefficient (Wildman–Crippen LogP) is 3.09. The number of nitrogens with zero attached hydrogens (tertiary/aromatic N) is 1. The van der Waals surface area contributed by atoms with Crippen LogP contribution in [0.4, 0.5) is 4.79 Å². The van der Waals surface area contributed by atoms with Crippen molar-refractivity contribution >= 4 is 44.3 Å². The van der Waals surface area contributed by atoms with Gasteiger partial charge in [-0.1, -0.05) is 46.4 Å². The quantitative estimate of drug-likeness (QED) is 0.632. The van der Waals surface area contributed by atoms with E-state index in [9.17, 15) is 4.79 Å². The molecule has 88 valence electrons. The molecule has 0 saturated heterocycles. The zero-order valence-electron chi connectivity index (χ0n) is 10.5. The molecule has 0 unspecified atom stereocenters. The van der Waals surface area contributed by atoms with Gasteiger partial charge in [-0.15, -0.1) is 0 Å². The first-order valence-corrected chi connectivity index (χ1v) is 6.37. The summed E-state index contributed by atoms with van der Waals surface area (Å²) in [6, 6.07) is 0. The van der Waals surface area contributed by atoms with Crippen LogP contribution in [0.5, 0.6) is 0 Å². The van der Waals surface area contributed by atoms with Gasteiger partial charge in [0.05, 0.1) is 0 Å². The van der Waals surface area contributed by atoms with Gasteiger partial charge in [-0.2, -0.15) is 0 Å². The van der Waals surface area contributed by atoms with Crippen molar-refractivity contribution in [3.05, 3.63) is 0 Å². The molecule has 4 radical (unpaired) electrons. The summed E-state index contributed by atoms with van der Waals surface area (Å²) in [5.74, 6) is 1.97. The fourth-order valence-corrected chi connectivity index (χ4v) is 1.90. The van der Waals surface area contributed by atoms with Crippen LogP contribution >= 0.6 is 11.8 Å². The first kappa shape index (κ1) is 18.1. The summed E-state index contributed by atoms with van der Waals surface area (Å²) in [5.41, 5.74) is 0. The Hall–Kier alpha value is 0.742. The first-order chi connectivity index (χ1) is 6.47. The van der Waals surface area contributed by atoms with Crippen LogP contribution in [0.3, 0.4) is 0 Å². The fraction of sp³-hybridized carbons (Fsp3) is 0.909. The average Bonchev–Trinajstić information content (AvgIpc) is 2.01. The van der Waals surface area contributed by atoms with Gasteiger partial charge in [0, 0.05) is 40.4 Å². The molecule has 0 aromatic heterocycles. The van der Waals surface area contributed by atoms with Crippen LogP contribution < -0.4 is 0 Å². The van der Waals surface area contributed by atoms with E-state index in [2.05, 4.69) is 27.7 Å². The van der Waals surface area contributed by atoms with Gasteiger partial charge < -0.3 is 4.90 Å². The number of hydrogen-bond acceptors (Lipinski definition) is 2. The van der Waals surface area contributed by atoms with Crippen LogP contribution in [0.25, 0.3) is 0 Å². The molecule has 0 rings (SSSR count). The number of carbonyl (C=O) groups is 1. The van der Waals surface area contributed by atoms with Crippen LogP contribution in [0, 0.1) is 11.8 Å². The van der Waals surface area contributed by atoms with E-state index >= 15 is 0 Å². The Kier molecular flexibility index (Phi) is 12.0. The summed E-state index contributed by atoms with van der Waals surface area (Å²) in [6.07, 6.45) is 0. The molecule has 0 heterocycles. The third kappa shape index (κ3) is 9.66. The van der Waals surface area contributed by atoms with Gasteiger partial charge in [-0.25, -0.2) is 0 Å². The van der Waals surface area contributed by atoms with Crippen molar-refractivity contribution in [2.45, 2.75) is 34.6 Å². The van der Waals surface area contributed by atoms with Crippen molar-refractivity contribution in [3.8, 4) is 0 Å². The normalized spacial score (nSPS) is 10.3. The van der Waals surface area contributed by atoms with E-state index < -0.39 is 0 Å². The largest absolute Gasteiger partial charge is 0.333 e. The average molecular weight is 425 g/mol. The summed E-state index contributed by atoms with van der Waals surface area (Å²) in [4.78, 5) is 13.7. The molecule has 0 aliphatic heterocycles. The number of carbonyl (C=O) groups excluding carboxylic acids is 1. The zero-order valence-corrected chi connectivity index (χ0v) is 15.2. The number of hydrogen-bond donors (Lipinski definition) is 0. The third-order valence-corrected chi connectivity index (χ3v) is 2.49. The summed E-state index contributed by atoms with van der Waals surface area (Å²) >= 11 is 1.41. The van der Waals surface area contributed by atoms with Crippen LogP contribution in [0.1, 0.15) is 34.6 Å². The van der Waals surface area contributed by atoms with Gasteiger partial charge >= 0.3 is 0 Å². The minimum absolute atomic E-state index is 0. The van der Waals surface area contributed by atoms with Crippen LogP contribution in [0.15, 0.2) is 0 Å². The van der Waals surface area contributed by atoms with Crippen molar-refractivity contribution in [2.75, 3.05) is 18.8 Å². The molecule has 0 N–H and O–H groups in total. The van der Waals surface area contributed by atoms with E-state index in [1.54, 1.807) is 0 Å². The smallest absolute Gasteiger partial charge is 0.281 e. The van der Waals surface area contributed by atoms with E-state index in [0.717, 1.165) is 18.8 Å². The Labute approximate surface area is 119 Å². The molecule has 4 heteroatoms. The molecule has 0 aliphatic carbocycles. The number of amides is 1.